The molecule has 0 saturated heterocycles. The zero-order valence-electron chi connectivity index (χ0n) is 16.3. The van der Waals surface area contributed by atoms with Gasteiger partial charge in [0.1, 0.15) is 0 Å². The van der Waals surface area contributed by atoms with E-state index in [2.05, 4.69) is 19.2 Å². The Hall–Kier alpha value is -1.70. The van der Waals surface area contributed by atoms with Gasteiger partial charge in [0.2, 0.25) is 10.0 Å². The zero-order valence-corrected chi connectivity index (χ0v) is 17.9. The highest BCUT2D eigenvalue weighted by atomic mass is 32.2. The van der Waals surface area contributed by atoms with E-state index < -0.39 is 10.0 Å². The van der Waals surface area contributed by atoms with Crippen molar-refractivity contribution in [1.82, 2.24) is 9.62 Å². The molecule has 2 rings (SSSR count). The van der Waals surface area contributed by atoms with E-state index in [9.17, 15) is 13.2 Å². The van der Waals surface area contributed by atoms with Crippen LogP contribution in [0.15, 0.2) is 46.7 Å². The number of nitrogens with one attached hydrogen (secondary N) is 1. The van der Waals surface area contributed by atoms with Gasteiger partial charge in [0.25, 0.3) is 5.91 Å². The van der Waals surface area contributed by atoms with Gasteiger partial charge in [0.05, 0.1) is 10.9 Å². The van der Waals surface area contributed by atoms with Gasteiger partial charge in [-0.05, 0) is 48.1 Å². The molecule has 1 heterocycles. The number of hydrogen-bond acceptors (Lipinski definition) is 4. The molecule has 1 unspecified atom stereocenters. The Morgan fingerprint density at radius 2 is 1.74 bits per heavy atom. The third-order valence-corrected chi connectivity index (χ3v) is 7.41. The van der Waals surface area contributed by atoms with Crippen molar-refractivity contribution >= 4 is 27.3 Å². The number of hydrogen-bond donors (Lipinski definition) is 1. The molecule has 27 heavy (non-hydrogen) atoms. The van der Waals surface area contributed by atoms with Gasteiger partial charge in [-0.1, -0.05) is 33.8 Å². The Morgan fingerprint density at radius 1 is 1.11 bits per heavy atom. The molecule has 1 atom stereocenters. The van der Waals surface area contributed by atoms with Gasteiger partial charge in [-0.2, -0.15) is 4.31 Å². The van der Waals surface area contributed by atoms with Gasteiger partial charge in [-0.3, -0.25) is 4.79 Å². The van der Waals surface area contributed by atoms with Crippen LogP contribution < -0.4 is 5.32 Å². The summed E-state index contributed by atoms with van der Waals surface area (Å²) in [7, 11) is -3.51. The van der Waals surface area contributed by atoms with Crippen LogP contribution in [0.25, 0.3) is 0 Å². The SMILES string of the molecule is CCN(CC)S(=O)(=O)c1ccc(C(=O)NC(CC(C)C)c2cccs2)cc1. The quantitative estimate of drug-likeness (QED) is 0.673. The third-order valence-electron chi connectivity index (χ3n) is 4.36. The molecule has 2 aromatic rings. The van der Waals surface area contributed by atoms with Crippen molar-refractivity contribution in [2.45, 2.75) is 45.1 Å². The summed E-state index contributed by atoms with van der Waals surface area (Å²) in [4.78, 5) is 14.0. The monoisotopic (exact) mass is 408 g/mol. The summed E-state index contributed by atoms with van der Waals surface area (Å²) < 4.78 is 26.5. The average Bonchev–Trinajstić information content (AvgIpc) is 3.16. The van der Waals surface area contributed by atoms with Crippen molar-refractivity contribution in [3.63, 3.8) is 0 Å². The molecule has 0 fully saturated rings. The molecule has 0 aliphatic heterocycles. The summed E-state index contributed by atoms with van der Waals surface area (Å²) in [5.74, 6) is 0.250. The lowest BCUT2D eigenvalue weighted by Gasteiger charge is -2.20. The van der Waals surface area contributed by atoms with Gasteiger partial charge in [0, 0.05) is 23.5 Å². The molecule has 0 spiro atoms. The summed E-state index contributed by atoms with van der Waals surface area (Å²) in [5, 5.41) is 5.08. The largest absolute Gasteiger partial charge is 0.344 e. The van der Waals surface area contributed by atoms with Crippen LogP contribution in [0.3, 0.4) is 0 Å². The number of carbonyl (C=O) groups is 1. The van der Waals surface area contributed by atoms with E-state index >= 15 is 0 Å². The molecule has 1 amide bonds. The highest BCUT2D eigenvalue weighted by Crippen LogP contribution is 2.26. The molecule has 0 aliphatic carbocycles. The van der Waals surface area contributed by atoms with Crippen LogP contribution in [0.5, 0.6) is 0 Å². The fourth-order valence-electron chi connectivity index (χ4n) is 2.94. The summed E-state index contributed by atoms with van der Waals surface area (Å²) in [6, 6.07) is 10.1. The van der Waals surface area contributed by atoms with Crippen LogP contribution in [0.2, 0.25) is 0 Å². The number of benzene rings is 1. The second-order valence-corrected chi connectivity index (χ2v) is 9.70. The van der Waals surface area contributed by atoms with Gasteiger partial charge >= 0.3 is 0 Å². The van der Waals surface area contributed by atoms with Crippen LogP contribution in [0.1, 0.15) is 55.4 Å². The number of amides is 1. The fraction of sp³-hybridized carbons (Fsp3) is 0.450. The first-order chi connectivity index (χ1) is 12.8. The standard InChI is InChI=1S/C20H28N2O3S2/c1-5-22(6-2)27(24,25)17-11-9-16(10-12-17)20(23)21-18(14-15(3)4)19-8-7-13-26-19/h7-13,15,18H,5-6,14H2,1-4H3,(H,21,23). The Bertz CT molecular complexity index is 825. The second kappa shape index (κ2) is 9.48. The highest BCUT2D eigenvalue weighted by molar-refractivity contribution is 7.89. The van der Waals surface area contributed by atoms with Gasteiger partial charge in [-0.15, -0.1) is 11.3 Å². The Labute approximate surface area is 166 Å². The second-order valence-electron chi connectivity index (χ2n) is 6.78. The minimum absolute atomic E-state index is 0.0448. The maximum absolute atomic E-state index is 12.7. The van der Waals surface area contributed by atoms with E-state index in [1.54, 1.807) is 23.5 Å². The zero-order chi connectivity index (χ0) is 20.0. The van der Waals surface area contributed by atoms with Crippen LogP contribution in [0, 0.1) is 5.92 Å². The molecule has 148 valence electrons. The van der Waals surface area contributed by atoms with E-state index in [4.69, 9.17) is 0 Å². The van der Waals surface area contributed by atoms with E-state index in [1.807, 2.05) is 31.4 Å². The lowest BCUT2D eigenvalue weighted by atomic mass is 10.0. The van der Waals surface area contributed by atoms with Gasteiger partial charge in [-0.25, -0.2) is 8.42 Å². The Morgan fingerprint density at radius 3 is 2.22 bits per heavy atom. The van der Waals surface area contributed by atoms with Crippen molar-refractivity contribution in [2.75, 3.05) is 13.1 Å². The van der Waals surface area contributed by atoms with Gasteiger partial charge in [0.15, 0.2) is 0 Å². The summed E-state index contributed by atoms with van der Waals surface area (Å²) >= 11 is 1.62. The fourth-order valence-corrected chi connectivity index (χ4v) is 5.19. The van der Waals surface area contributed by atoms with E-state index in [1.165, 1.54) is 16.4 Å². The first-order valence-electron chi connectivity index (χ1n) is 9.24. The molecular weight excluding hydrogens is 380 g/mol. The van der Waals surface area contributed by atoms with Crippen LogP contribution in [0.4, 0.5) is 0 Å². The Balaban J connectivity index is 2.17. The number of nitrogens with zero attached hydrogens (tertiary/aromatic N) is 1. The maximum atomic E-state index is 12.7. The molecule has 1 aromatic carbocycles. The third kappa shape index (κ3) is 5.40. The molecule has 7 heteroatoms. The van der Waals surface area contributed by atoms with Crippen molar-refractivity contribution < 1.29 is 13.2 Å². The van der Waals surface area contributed by atoms with Gasteiger partial charge < -0.3 is 5.32 Å². The predicted octanol–water partition coefficient (Wildman–Crippen LogP) is 4.30. The molecule has 5 nitrogen and oxygen atoms in total. The smallest absolute Gasteiger partial charge is 0.251 e. The normalized spacial score (nSPS) is 13.1. The number of rotatable bonds is 9. The van der Waals surface area contributed by atoms with Crippen molar-refractivity contribution in [3.8, 4) is 0 Å². The molecular formula is C20H28N2O3S2. The molecule has 0 aliphatic rings. The van der Waals surface area contributed by atoms with Crippen LogP contribution >= 0.6 is 11.3 Å². The number of sulfonamides is 1. The lowest BCUT2D eigenvalue weighted by Crippen LogP contribution is -2.31. The van der Waals surface area contributed by atoms with Crippen molar-refractivity contribution in [1.29, 1.82) is 0 Å². The molecule has 0 bridgehead atoms. The first-order valence-corrected chi connectivity index (χ1v) is 11.6. The minimum Gasteiger partial charge on any atom is -0.344 e. The summed E-state index contributed by atoms with van der Waals surface area (Å²) in [5.41, 5.74) is 0.457. The van der Waals surface area contributed by atoms with E-state index in [-0.39, 0.29) is 16.8 Å². The summed E-state index contributed by atoms with van der Waals surface area (Å²) in [6.45, 7) is 8.70. The molecule has 1 aromatic heterocycles. The van der Waals surface area contributed by atoms with Crippen molar-refractivity contribution in [3.05, 3.63) is 52.2 Å². The first kappa shape index (κ1) is 21.6. The number of carbonyl (C=O) groups excluding carboxylic acids is 1. The topological polar surface area (TPSA) is 66.5 Å². The predicted molar refractivity (Wildman–Crippen MR) is 111 cm³/mol. The average molecular weight is 409 g/mol. The van der Waals surface area contributed by atoms with Crippen LogP contribution in [-0.4, -0.2) is 31.7 Å². The lowest BCUT2D eigenvalue weighted by molar-refractivity contribution is 0.0932. The highest BCUT2D eigenvalue weighted by Gasteiger charge is 2.22. The number of thiophene rings is 1. The van der Waals surface area contributed by atoms with Crippen molar-refractivity contribution in [2.24, 2.45) is 5.92 Å². The molecule has 0 radical (unpaired) electrons. The Kier molecular flexibility index (Phi) is 7.59. The van der Waals surface area contributed by atoms with E-state index in [0.717, 1.165) is 11.3 Å². The summed E-state index contributed by atoms with van der Waals surface area (Å²) in [6.07, 6.45) is 0.848. The van der Waals surface area contributed by atoms with Crippen LogP contribution in [-0.2, 0) is 10.0 Å². The molecule has 0 saturated carbocycles. The molecule has 1 N–H and O–H groups in total. The maximum Gasteiger partial charge on any atom is 0.251 e. The minimum atomic E-state index is -3.51. The van der Waals surface area contributed by atoms with E-state index in [0.29, 0.717) is 24.6 Å².